The average Bonchev–Trinajstić information content (AvgIpc) is 3.88. The number of para-hydroxylation sites is 1. The first kappa shape index (κ1) is 31.0. The first-order chi connectivity index (χ1) is 28.3. The fourth-order valence-corrected chi connectivity index (χ4v) is 11.4. The van der Waals surface area contributed by atoms with Gasteiger partial charge in [0, 0.05) is 16.5 Å². The summed E-state index contributed by atoms with van der Waals surface area (Å²) >= 11 is 0. The van der Waals surface area contributed by atoms with Gasteiger partial charge in [-0.2, -0.15) is 0 Å². The Morgan fingerprint density at radius 3 is 1.32 bits per heavy atom. The molecular formula is C56H35N. The van der Waals surface area contributed by atoms with Crippen LogP contribution in [0.1, 0.15) is 44.5 Å². The predicted molar refractivity (Wildman–Crippen MR) is 234 cm³/mol. The summed E-state index contributed by atoms with van der Waals surface area (Å²) in [5.41, 5.74) is 21.1. The summed E-state index contributed by atoms with van der Waals surface area (Å²) in [6.45, 7) is 0. The van der Waals surface area contributed by atoms with Crippen LogP contribution in [0.15, 0.2) is 212 Å². The van der Waals surface area contributed by atoms with Crippen molar-refractivity contribution in [1.82, 2.24) is 4.57 Å². The fourth-order valence-electron chi connectivity index (χ4n) is 11.4. The number of hydrogen-bond donors (Lipinski definition) is 0. The number of rotatable bonds is 2. The Kier molecular flexibility index (Phi) is 6.09. The van der Waals surface area contributed by atoms with Gasteiger partial charge in [0.05, 0.1) is 21.9 Å². The van der Waals surface area contributed by atoms with E-state index in [0.717, 1.165) is 5.69 Å². The van der Waals surface area contributed by atoms with Gasteiger partial charge in [-0.15, -0.1) is 0 Å². The molecule has 264 valence electrons. The van der Waals surface area contributed by atoms with E-state index in [1.54, 1.807) is 0 Å². The number of benzene rings is 9. The molecule has 1 heterocycles. The van der Waals surface area contributed by atoms with E-state index in [0.29, 0.717) is 0 Å². The SMILES string of the molecule is c1ccc(-c2cccc(-n3c4ccccc4c4cc5c(cc43)C3(c4ccccc4-5)c4ccccc4C4(c5ccccc5-c5ccccc54)c4ccccc43)c2)cc1. The molecule has 1 heteroatoms. The second-order valence-electron chi connectivity index (χ2n) is 15.9. The van der Waals surface area contributed by atoms with Crippen LogP contribution in [0.25, 0.3) is 60.9 Å². The van der Waals surface area contributed by atoms with Gasteiger partial charge in [-0.25, -0.2) is 0 Å². The summed E-state index contributed by atoms with van der Waals surface area (Å²) in [5.74, 6) is 0. The van der Waals surface area contributed by atoms with Gasteiger partial charge in [-0.1, -0.05) is 182 Å². The van der Waals surface area contributed by atoms with E-state index in [-0.39, 0.29) is 0 Å². The van der Waals surface area contributed by atoms with Crippen molar-refractivity contribution in [3.05, 3.63) is 257 Å². The van der Waals surface area contributed by atoms with E-state index in [2.05, 4.69) is 217 Å². The van der Waals surface area contributed by atoms with Gasteiger partial charge in [0.15, 0.2) is 0 Å². The zero-order valence-corrected chi connectivity index (χ0v) is 31.2. The molecule has 3 aliphatic carbocycles. The van der Waals surface area contributed by atoms with Crippen molar-refractivity contribution >= 4 is 21.8 Å². The molecule has 10 aromatic rings. The highest BCUT2D eigenvalue weighted by Crippen LogP contribution is 2.67. The molecule has 0 radical (unpaired) electrons. The van der Waals surface area contributed by atoms with E-state index in [1.165, 1.54) is 99.7 Å². The summed E-state index contributed by atoms with van der Waals surface area (Å²) in [6.07, 6.45) is 0. The largest absolute Gasteiger partial charge is 0.309 e. The fraction of sp³-hybridized carbons (Fsp3) is 0.0357. The molecule has 1 aromatic heterocycles. The third-order valence-corrected chi connectivity index (χ3v) is 13.5. The second kappa shape index (κ2) is 11.2. The summed E-state index contributed by atoms with van der Waals surface area (Å²) < 4.78 is 2.50. The minimum absolute atomic E-state index is 0.458. The van der Waals surface area contributed by atoms with Crippen LogP contribution in [0.5, 0.6) is 0 Å². The second-order valence-corrected chi connectivity index (χ2v) is 15.9. The smallest absolute Gasteiger partial charge is 0.0720 e. The van der Waals surface area contributed by atoms with Gasteiger partial charge in [-0.05, 0) is 108 Å². The standard InChI is InChI=1S/C56H35N/c1-2-17-36(18-3-1)37-19-16-20-38(33-37)57-53-32-15-7-24-42(53)44-34-43-41-23-6-10-27-47(41)56(52(43)35-54(44)57)50-30-13-11-28-48(50)55(49-29-12-14-31-51(49)56)45-25-8-4-21-39(45)40-22-5-9-26-46(40)55/h1-35H. The first-order valence-corrected chi connectivity index (χ1v) is 20.0. The third-order valence-electron chi connectivity index (χ3n) is 13.5. The van der Waals surface area contributed by atoms with E-state index in [9.17, 15) is 0 Å². The number of nitrogens with zero attached hydrogens (tertiary/aromatic N) is 1. The van der Waals surface area contributed by atoms with Gasteiger partial charge in [0.25, 0.3) is 0 Å². The van der Waals surface area contributed by atoms with Crippen LogP contribution in [-0.4, -0.2) is 4.57 Å². The Bertz CT molecular complexity index is 3210. The maximum absolute atomic E-state index is 2.56. The average molecular weight is 722 g/mol. The molecule has 0 bridgehead atoms. The van der Waals surface area contributed by atoms with Gasteiger partial charge in [0.1, 0.15) is 0 Å². The molecule has 0 fully saturated rings. The van der Waals surface area contributed by atoms with Gasteiger partial charge < -0.3 is 4.57 Å². The quantitative estimate of drug-likeness (QED) is 0.167. The Balaban J connectivity index is 1.17. The molecule has 0 saturated carbocycles. The molecule has 1 nitrogen and oxygen atoms in total. The van der Waals surface area contributed by atoms with Gasteiger partial charge in [-0.3, -0.25) is 0 Å². The highest BCUT2D eigenvalue weighted by Gasteiger charge is 2.58. The molecule has 13 rings (SSSR count). The molecule has 0 unspecified atom stereocenters. The van der Waals surface area contributed by atoms with Gasteiger partial charge >= 0.3 is 0 Å². The minimum atomic E-state index is -0.543. The van der Waals surface area contributed by atoms with Crippen molar-refractivity contribution in [3.8, 4) is 39.1 Å². The summed E-state index contributed by atoms with van der Waals surface area (Å²) in [4.78, 5) is 0. The molecule has 3 aliphatic rings. The van der Waals surface area contributed by atoms with Crippen molar-refractivity contribution < 1.29 is 0 Å². The number of fused-ring (bicyclic) bond motifs is 19. The zero-order valence-electron chi connectivity index (χ0n) is 31.2. The van der Waals surface area contributed by atoms with Crippen molar-refractivity contribution in [1.29, 1.82) is 0 Å². The maximum atomic E-state index is 2.56. The molecule has 0 saturated heterocycles. The van der Waals surface area contributed by atoms with Crippen molar-refractivity contribution in [3.63, 3.8) is 0 Å². The Hall–Kier alpha value is -7.22. The topological polar surface area (TPSA) is 4.93 Å². The number of hydrogen-bond acceptors (Lipinski definition) is 0. The summed E-state index contributed by atoms with van der Waals surface area (Å²) in [7, 11) is 0. The van der Waals surface area contributed by atoms with Crippen LogP contribution in [0.4, 0.5) is 0 Å². The van der Waals surface area contributed by atoms with Crippen molar-refractivity contribution in [2.75, 3.05) is 0 Å². The van der Waals surface area contributed by atoms with E-state index in [4.69, 9.17) is 0 Å². The number of aromatic nitrogens is 1. The Morgan fingerprint density at radius 1 is 0.263 bits per heavy atom. The lowest BCUT2D eigenvalue weighted by Gasteiger charge is -2.48. The zero-order chi connectivity index (χ0) is 37.3. The van der Waals surface area contributed by atoms with Crippen LogP contribution >= 0.6 is 0 Å². The predicted octanol–water partition coefficient (Wildman–Crippen LogP) is 13.5. The lowest BCUT2D eigenvalue weighted by Crippen LogP contribution is -2.43. The lowest BCUT2D eigenvalue weighted by atomic mass is 9.52. The Morgan fingerprint density at radius 2 is 0.719 bits per heavy atom. The monoisotopic (exact) mass is 721 g/mol. The van der Waals surface area contributed by atoms with E-state index < -0.39 is 10.8 Å². The molecular weight excluding hydrogens is 687 g/mol. The lowest BCUT2D eigenvalue weighted by molar-refractivity contribution is 0.633. The highest BCUT2D eigenvalue weighted by atomic mass is 15.0. The third kappa shape index (κ3) is 3.75. The van der Waals surface area contributed by atoms with Crippen molar-refractivity contribution in [2.45, 2.75) is 10.8 Å². The van der Waals surface area contributed by atoms with Crippen molar-refractivity contribution in [2.24, 2.45) is 0 Å². The summed E-state index contributed by atoms with van der Waals surface area (Å²) in [6, 6.07) is 80.0. The first-order valence-electron chi connectivity index (χ1n) is 20.0. The van der Waals surface area contributed by atoms with Crippen LogP contribution in [0.3, 0.4) is 0 Å². The van der Waals surface area contributed by atoms with Crippen LogP contribution < -0.4 is 0 Å². The Labute approximate surface area is 331 Å². The maximum Gasteiger partial charge on any atom is 0.0720 e. The molecule has 0 atom stereocenters. The van der Waals surface area contributed by atoms with Crippen LogP contribution in [0.2, 0.25) is 0 Å². The summed E-state index contributed by atoms with van der Waals surface area (Å²) in [5, 5.41) is 2.54. The minimum Gasteiger partial charge on any atom is -0.309 e. The highest BCUT2D eigenvalue weighted by molar-refractivity contribution is 6.12. The van der Waals surface area contributed by atoms with Crippen LogP contribution in [0, 0.1) is 0 Å². The molecule has 2 spiro atoms. The molecule has 9 aromatic carbocycles. The van der Waals surface area contributed by atoms with E-state index in [1.807, 2.05) is 0 Å². The van der Waals surface area contributed by atoms with Gasteiger partial charge in [0.2, 0.25) is 0 Å². The molecule has 0 N–H and O–H groups in total. The van der Waals surface area contributed by atoms with E-state index >= 15 is 0 Å². The molecule has 0 amide bonds. The van der Waals surface area contributed by atoms with Crippen LogP contribution in [-0.2, 0) is 10.8 Å². The normalized spacial score (nSPS) is 14.6. The molecule has 57 heavy (non-hydrogen) atoms. The molecule has 0 aliphatic heterocycles.